The second-order valence-electron chi connectivity index (χ2n) is 5.18. The van der Waals surface area contributed by atoms with Crippen LogP contribution < -0.4 is 5.32 Å². The van der Waals surface area contributed by atoms with Crippen LogP contribution in [-0.4, -0.2) is 30.0 Å². The van der Waals surface area contributed by atoms with E-state index in [1.165, 1.54) is 6.07 Å². The first-order valence-corrected chi connectivity index (χ1v) is 7.07. The molecule has 0 aliphatic carbocycles. The van der Waals surface area contributed by atoms with E-state index in [1.807, 2.05) is 24.7 Å². The van der Waals surface area contributed by atoms with Gasteiger partial charge in [0.05, 0.1) is 18.8 Å². The Balaban J connectivity index is 2.02. The first-order valence-electron chi connectivity index (χ1n) is 7.07. The Hall–Kier alpha value is -1.72. The number of methoxy groups -OCH3 is 1. The van der Waals surface area contributed by atoms with Gasteiger partial charge in [-0.2, -0.15) is 5.10 Å². The highest BCUT2D eigenvalue weighted by atomic mass is 19.1. The molecule has 1 aromatic carbocycles. The summed E-state index contributed by atoms with van der Waals surface area (Å²) in [7, 11) is 1.69. The van der Waals surface area contributed by atoms with Crippen molar-refractivity contribution >= 4 is 0 Å². The van der Waals surface area contributed by atoms with Crippen molar-refractivity contribution in [1.29, 1.82) is 0 Å². The van der Waals surface area contributed by atoms with Gasteiger partial charge in [-0.05, 0) is 37.1 Å². The fraction of sp³-hybridized carbons (Fsp3) is 0.438. The van der Waals surface area contributed by atoms with Gasteiger partial charge in [0, 0.05) is 32.0 Å². The zero-order chi connectivity index (χ0) is 15.2. The second-order valence-corrected chi connectivity index (χ2v) is 5.18. The molecule has 0 atom stereocenters. The summed E-state index contributed by atoms with van der Waals surface area (Å²) in [5, 5.41) is 7.80. The Labute approximate surface area is 124 Å². The van der Waals surface area contributed by atoms with Crippen LogP contribution in [0.25, 0.3) is 0 Å². The summed E-state index contributed by atoms with van der Waals surface area (Å²) in [6.07, 6.45) is 2.01. The fourth-order valence-corrected chi connectivity index (χ4v) is 2.20. The molecule has 114 valence electrons. The molecule has 1 N–H and O–H groups in total. The van der Waals surface area contributed by atoms with Crippen molar-refractivity contribution in [2.24, 2.45) is 0 Å². The van der Waals surface area contributed by atoms with Crippen molar-refractivity contribution in [3.05, 3.63) is 52.6 Å². The first kappa shape index (κ1) is 15.7. The monoisotopic (exact) mass is 291 g/mol. The molecular formula is C16H22FN3O. The number of nitrogens with zero attached hydrogens (tertiary/aromatic N) is 2. The highest BCUT2D eigenvalue weighted by Gasteiger charge is 2.07. The molecule has 21 heavy (non-hydrogen) atoms. The van der Waals surface area contributed by atoms with Gasteiger partial charge in [0.15, 0.2) is 0 Å². The average Bonchev–Trinajstić information content (AvgIpc) is 2.79. The molecule has 0 aliphatic heterocycles. The normalized spacial score (nSPS) is 11.0. The quantitative estimate of drug-likeness (QED) is 0.796. The minimum Gasteiger partial charge on any atom is -0.383 e. The zero-order valence-electron chi connectivity index (χ0n) is 12.8. The number of rotatable bonds is 7. The lowest BCUT2D eigenvalue weighted by atomic mass is 10.1. The molecule has 0 fully saturated rings. The lowest BCUT2D eigenvalue weighted by Gasteiger charge is -2.06. The van der Waals surface area contributed by atoms with E-state index < -0.39 is 0 Å². The number of nitrogens with one attached hydrogen (secondary N) is 1. The molecule has 0 aliphatic rings. The van der Waals surface area contributed by atoms with E-state index in [0.29, 0.717) is 13.2 Å². The minimum absolute atomic E-state index is 0.207. The Morgan fingerprint density at radius 2 is 2.10 bits per heavy atom. The number of halogens is 1. The number of hydrogen-bond donors (Lipinski definition) is 1. The van der Waals surface area contributed by atoms with Crippen molar-refractivity contribution in [3.8, 4) is 0 Å². The number of benzene rings is 1. The lowest BCUT2D eigenvalue weighted by Crippen LogP contribution is -2.18. The molecule has 0 saturated heterocycles. The highest BCUT2D eigenvalue weighted by Crippen LogP contribution is 2.13. The highest BCUT2D eigenvalue weighted by molar-refractivity contribution is 5.27. The van der Waals surface area contributed by atoms with Crippen molar-refractivity contribution in [1.82, 2.24) is 15.1 Å². The molecule has 5 heteroatoms. The van der Waals surface area contributed by atoms with Crippen LogP contribution in [0.15, 0.2) is 24.4 Å². The predicted molar refractivity (Wildman–Crippen MR) is 80.8 cm³/mol. The maximum atomic E-state index is 13.3. The van der Waals surface area contributed by atoms with E-state index >= 15 is 0 Å². The standard InChI is InChI=1S/C16H22FN3O/c1-12-4-5-16(17)8-14(12)10-20-11-15(13(2)19-20)9-18-6-7-21-3/h4-5,8,11,18H,6-7,9-10H2,1-3H3. The molecular weight excluding hydrogens is 269 g/mol. The Morgan fingerprint density at radius 1 is 1.29 bits per heavy atom. The molecule has 1 aromatic heterocycles. The van der Waals surface area contributed by atoms with Gasteiger partial charge in [0.25, 0.3) is 0 Å². The van der Waals surface area contributed by atoms with Crippen LogP contribution in [-0.2, 0) is 17.8 Å². The predicted octanol–water partition coefficient (Wildman–Crippen LogP) is 2.42. The molecule has 0 bridgehead atoms. The van der Waals surface area contributed by atoms with Crippen molar-refractivity contribution in [2.75, 3.05) is 20.3 Å². The summed E-state index contributed by atoms with van der Waals surface area (Å²) in [4.78, 5) is 0. The largest absolute Gasteiger partial charge is 0.383 e. The van der Waals surface area contributed by atoms with Crippen LogP contribution in [0, 0.1) is 19.7 Å². The second kappa shape index (κ2) is 7.33. The molecule has 1 heterocycles. The van der Waals surface area contributed by atoms with Crippen LogP contribution >= 0.6 is 0 Å². The van der Waals surface area contributed by atoms with Gasteiger partial charge in [-0.15, -0.1) is 0 Å². The summed E-state index contributed by atoms with van der Waals surface area (Å²) < 4.78 is 20.2. The third-order valence-electron chi connectivity index (χ3n) is 3.49. The van der Waals surface area contributed by atoms with Gasteiger partial charge in [-0.3, -0.25) is 4.68 Å². The van der Waals surface area contributed by atoms with Crippen LogP contribution in [0.5, 0.6) is 0 Å². The van der Waals surface area contributed by atoms with E-state index in [4.69, 9.17) is 4.74 Å². The van der Waals surface area contributed by atoms with Crippen molar-refractivity contribution in [2.45, 2.75) is 26.9 Å². The molecule has 2 rings (SSSR count). The molecule has 2 aromatic rings. The number of hydrogen-bond acceptors (Lipinski definition) is 3. The van der Waals surface area contributed by atoms with E-state index in [1.54, 1.807) is 19.2 Å². The van der Waals surface area contributed by atoms with Gasteiger partial charge in [0.1, 0.15) is 5.82 Å². The maximum absolute atomic E-state index is 13.3. The molecule has 0 radical (unpaired) electrons. The van der Waals surface area contributed by atoms with E-state index in [-0.39, 0.29) is 5.82 Å². The number of ether oxygens (including phenoxy) is 1. The average molecular weight is 291 g/mol. The van der Waals surface area contributed by atoms with Gasteiger partial charge >= 0.3 is 0 Å². The lowest BCUT2D eigenvalue weighted by molar-refractivity contribution is 0.199. The first-order chi connectivity index (χ1) is 10.1. The summed E-state index contributed by atoms with van der Waals surface area (Å²) in [6, 6.07) is 4.86. The van der Waals surface area contributed by atoms with Crippen LogP contribution in [0.3, 0.4) is 0 Å². The summed E-state index contributed by atoms with van der Waals surface area (Å²) in [5.41, 5.74) is 4.18. The van der Waals surface area contributed by atoms with E-state index in [9.17, 15) is 4.39 Å². The summed E-state index contributed by atoms with van der Waals surface area (Å²) >= 11 is 0. The molecule has 0 amide bonds. The third-order valence-corrected chi connectivity index (χ3v) is 3.49. The van der Waals surface area contributed by atoms with Crippen molar-refractivity contribution < 1.29 is 9.13 Å². The Kier molecular flexibility index (Phi) is 5.47. The minimum atomic E-state index is -0.207. The van der Waals surface area contributed by atoms with Gasteiger partial charge in [-0.25, -0.2) is 4.39 Å². The van der Waals surface area contributed by atoms with E-state index in [0.717, 1.165) is 35.5 Å². The molecule has 0 unspecified atom stereocenters. The summed E-state index contributed by atoms with van der Waals surface area (Å²) in [6.45, 7) is 6.82. The zero-order valence-corrected chi connectivity index (χ0v) is 12.8. The number of aryl methyl sites for hydroxylation is 2. The SMILES string of the molecule is COCCNCc1cn(Cc2cc(F)ccc2C)nc1C. The summed E-state index contributed by atoms with van der Waals surface area (Å²) in [5.74, 6) is -0.207. The van der Waals surface area contributed by atoms with Gasteiger partial charge < -0.3 is 10.1 Å². The smallest absolute Gasteiger partial charge is 0.123 e. The number of aromatic nitrogens is 2. The molecule has 0 spiro atoms. The molecule has 0 saturated carbocycles. The Morgan fingerprint density at radius 3 is 2.86 bits per heavy atom. The van der Waals surface area contributed by atoms with Crippen LogP contribution in [0.2, 0.25) is 0 Å². The van der Waals surface area contributed by atoms with Crippen molar-refractivity contribution in [3.63, 3.8) is 0 Å². The van der Waals surface area contributed by atoms with Gasteiger partial charge in [0.2, 0.25) is 0 Å². The van der Waals surface area contributed by atoms with E-state index in [2.05, 4.69) is 10.4 Å². The third kappa shape index (κ3) is 4.37. The maximum Gasteiger partial charge on any atom is 0.123 e. The van der Waals surface area contributed by atoms with Crippen LogP contribution in [0.1, 0.15) is 22.4 Å². The Bertz CT molecular complexity index is 595. The van der Waals surface area contributed by atoms with Gasteiger partial charge in [-0.1, -0.05) is 6.07 Å². The molecule has 4 nitrogen and oxygen atoms in total. The topological polar surface area (TPSA) is 39.1 Å². The van der Waals surface area contributed by atoms with Crippen LogP contribution in [0.4, 0.5) is 4.39 Å². The fourth-order valence-electron chi connectivity index (χ4n) is 2.20.